The first kappa shape index (κ1) is 14.8. The Hall–Kier alpha value is -1.30. The van der Waals surface area contributed by atoms with Gasteiger partial charge in [-0.05, 0) is 25.6 Å². The van der Waals surface area contributed by atoms with Gasteiger partial charge in [0.1, 0.15) is 5.75 Å². The number of halogens is 3. The molecule has 0 fully saturated rings. The molecule has 1 N–H and O–H groups in total. The van der Waals surface area contributed by atoms with Gasteiger partial charge < -0.3 is 10.1 Å². The van der Waals surface area contributed by atoms with E-state index in [1.807, 2.05) is 13.8 Å². The summed E-state index contributed by atoms with van der Waals surface area (Å²) in [5.74, 6) is 0.408. The Morgan fingerprint density at radius 2 is 2.06 bits per heavy atom. The number of nitrogens with one attached hydrogen (secondary N) is 1. The third kappa shape index (κ3) is 5.35. The van der Waals surface area contributed by atoms with Crippen molar-refractivity contribution in [1.29, 1.82) is 0 Å². The number of hydrogen-bond acceptors (Lipinski definition) is 3. The Morgan fingerprint density at radius 1 is 1.33 bits per heavy atom. The number of aryl methyl sites for hydroxylation is 1. The van der Waals surface area contributed by atoms with E-state index in [1.165, 1.54) is 0 Å². The first-order valence-corrected chi connectivity index (χ1v) is 5.79. The molecule has 0 spiro atoms. The Kier molecular flexibility index (Phi) is 5.40. The van der Waals surface area contributed by atoms with Crippen LogP contribution in [0.4, 0.5) is 13.2 Å². The highest BCUT2D eigenvalue weighted by molar-refractivity contribution is 5.29. The number of rotatable bonds is 6. The van der Waals surface area contributed by atoms with Gasteiger partial charge in [-0.25, -0.2) is 0 Å². The SMILES string of the molecule is CCNCc1nc(C)ccc1OCCC(F)(F)F. The molecule has 0 saturated carbocycles. The van der Waals surface area contributed by atoms with Crippen LogP contribution in [0.25, 0.3) is 0 Å². The largest absolute Gasteiger partial charge is 0.491 e. The van der Waals surface area contributed by atoms with Crippen molar-refractivity contribution in [2.24, 2.45) is 0 Å². The minimum Gasteiger partial charge on any atom is -0.491 e. The summed E-state index contributed by atoms with van der Waals surface area (Å²) in [6, 6.07) is 3.38. The third-order valence-corrected chi connectivity index (χ3v) is 2.26. The van der Waals surface area contributed by atoms with Gasteiger partial charge in [0.15, 0.2) is 0 Å². The number of nitrogens with zero attached hydrogens (tertiary/aromatic N) is 1. The third-order valence-electron chi connectivity index (χ3n) is 2.26. The fraction of sp³-hybridized carbons (Fsp3) is 0.583. The van der Waals surface area contributed by atoms with Crippen molar-refractivity contribution in [2.45, 2.75) is 33.0 Å². The molecule has 0 unspecified atom stereocenters. The lowest BCUT2D eigenvalue weighted by Gasteiger charge is -2.12. The number of aromatic nitrogens is 1. The molecular formula is C12H17F3N2O. The molecule has 1 heterocycles. The van der Waals surface area contributed by atoms with Gasteiger partial charge in [0.2, 0.25) is 0 Å². The summed E-state index contributed by atoms with van der Waals surface area (Å²) in [4.78, 5) is 4.26. The minimum absolute atomic E-state index is 0.382. The van der Waals surface area contributed by atoms with Crippen LogP contribution in [-0.2, 0) is 6.54 Å². The maximum absolute atomic E-state index is 12.0. The van der Waals surface area contributed by atoms with Crippen LogP contribution in [0.5, 0.6) is 5.75 Å². The first-order valence-electron chi connectivity index (χ1n) is 5.79. The van der Waals surface area contributed by atoms with E-state index in [0.29, 0.717) is 18.0 Å². The summed E-state index contributed by atoms with van der Waals surface area (Å²) in [7, 11) is 0. The molecule has 1 rings (SSSR count). The van der Waals surface area contributed by atoms with Crippen LogP contribution in [-0.4, -0.2) is 24.3 Å². The van der Waals surface area contributed by atoms with Gasteiger partial charge in [-0.3, -0.25) is 4.98 Å². The average Bonchev–Trinajstić information content (AvgIpc) is 2.27. The van der Waals surface area contributed by atoms with E-state index in [1.54, 1.807) is 12.1 Å². The van der Waals surface area contributed by atoms with Gasteiger partial charge in [0.25, 0.3) is 0 Å². The van der Waals surface area contributed by atoms with Crippen LogP contribution < -0.4 is 10.1 Å². The van der Waals surface area contributed by atoms with Gasteiger partial charge in [-0.15, -0.1) is 0 Å². The lowest BCUT2D eigenvalue weighted by atomic mass is 10.3. The van der Waals surface area contributed by atoms with Gasteiger partial charge in [-0.2, -0.15) is 13.2 Å². The predicted octanol–water partition coefficient (Wildman–Crippen LogP) is 2.83. The lowest BCUT2D eigenvalue weighted by molar-refractivity contribution is -0.139. The molecular weight excluding hydrogens is 245 g/mol. The van der Waals surface area contributed by atoms with Crippen molar-refractivity contribution < 1.29 is 17.9 Å². The quantitative estimate of drug-likeness (QED) is 0.856. The zero-order valence-electron chi connectivity index (χ0n) is 10.5. The van der Waals surface area contributed by atoms with Gasteiger partial charge in [0.05, 0.1) is 18.7 Å². The molecule has 1 aromatic heterocycles. The maximum atomic E-state index is 12.0. The van der Waals surface area contributed by atoms with Crippen molar-refractivity contribution in [3.05, 3.63) is 23.5 Å². The summed E-state index contributed by atoms with van der Waals surface area (Å²) >= 11 is 0. The highest BCUT2D eigenvalue weighted by atomic mass is 19.4. The summed E-state index contributed by atoms with van der Waals surface area (Å²) in [6.45, 7) is 4.64. The molecule has 6 heteroatoms. The van der Waals surface area contributed by atoms with Crippen LogP contribution in [0.3, 0.4) is 0 Å². The van der Waals surface area contributed by atoms with Crippen LogP contribution in [0.1, 0.15) is 24.7 Å². The van der Waals surface area contributed by atoms with Crippen LogP contribution in [0, 0.1) is 6.92 Å². The fourth-order valence-electron chi connectivity index (χ4n) is 1.38. The average molecular weight is 262 g/mol. The smallest absolute Gasteiger partial charge is 0.392 e. The molecule has 0 atom stereocenters. The molecule has 0 bridgehead atoms. The molecule has 102 valence electrons. The number of ether oxygens (including phenoxy) is 1. The summed E-state index contributed by atoms with van der Waals surface area (Å²) in [5, 5.41) is 3.07. The summed E-state index contributed by atoms with van der Waals surface area (Å²) < 4.78 is 41.2. The van der Waals surface area contributed by atoms with Crippen molar-refractivity contribution in [3.63, 3.8) is 0 Å². The van der Waals surface area contributed by atoms with Crippen molar-refractivity contribution in [1.82, 2.24) is 10.3 Å². The Labute approximate surface area is 104 Å². The van der Waals surface area contributed by atoms with E-state index in [4.69, 9.17) is 4.74 Å². The Balaban J connectivity index is 2.63. The molecule has 0 aliphatic heterocycles. The second kappa shape index (κ2) is 6.58. The minimum atomic E-state index is -4.19. The molecule has 0 amide bonds. The molecule has 3 nitrogen and oxygen atoms in total. The van der Waals surface area contributed by atoms with Crippen molar-refractivity contribution in [3.8, 4) is 5.75 Å². The number of pyridine rings is 1. The second-order valence-electron chi connectivity index (χ2n) is 3.89. The first-order chi connectivity index (χ1) is 8.42. The monoisotopic (exact) mass is 262 g/mol. The van der Waals surface area contributed by atoms with Gasteiger partial charge in [-0.1, -0.05) is 6.92 Å². The van der Waals surface area contributed by atoms with E-state index in [-0.39, 0.29) is 6.61 Å². The highest BCUT2D eigenvalue weighted by Crippen LogP contribution is 2.22. The number of alkyl halides is 3. The topological polar surface area (TPSA) is 34.2 Å². The van der Waals surface area contributed by atoms with Crippen molar-refractivity contribution in [2.75, 3.05) is 13.2 Å². The van der Waals surface area contributed by atoms with Gasteiger partial charge in [0, 0.05) is 12.2 Å². The zero-order chi connectivity index (χ0) is 13.6. The normalized spacial score (nSPS) is 11.6. The predicted molar refractivity (Wildman–Crippen MR) is 62.5 cm³/mol. The Bertz CT molecular complexity index is 380. The Morgan fingerprint density at radius 3 is 2.67 bits per heavy atom. The van der Waals surface area contributed by atoms with E-state index in [2.05, 4.69) is 10.3 Å². The van der Waals surface area contributed by atoms with Gasteiger partial charge >= 0.3 is 6.18 Å². The maximum Gasteiger partial charge on any atom is 0.392 e. The van der Waals surface area contributed by atoms with Crippen LogP contribution >= 0.6 is 0 Å². The highest BCUT2D eigenvalue weighted by Gasteiger charge is 2.27. The lowest BCUT2D eigenvalue weighted by Crippen LogP contribution is -2.17. The molecule has 0 aliphatic rings. The summed E-state index contributed by atoms with van der Waals surface area (Å²) in [5.41, 5.74) is 1.45. The molecule has 0 aromatic carbocycles. The van der Waals surface area contributed by atoms with E-state index in [0.717, 1.165) is 12.2 Å². The standard InChI is InChI=1S/C12H17F3N2O/c1-3-16-8-10-11(5-4-9(2)17-10)18-7-6-12(13,14)15/h4-5,16H,3,6-8H2,1-2H3. The second-order valence-corrected chi connectivity index (χ2v) is 3.89. The molecule has 0 aliphatic carbocycles. The van der Waals surface area contributed by atoms with Crippen LogP contribution in [0.2, 0.25) is 0 Å². The van der Waals surface area contributed by atoms with E-state index < -0.39 is 12.6 Å². The van der Waals surface area contributed by atoms with E-state index >= 15 is 0 Å². The molecule has 0 saturated heterocycles. The fourth-order valence-corrected chi connectivity index (χ4v) is 1.38. The van der Waals surface area contributed by atoms with Crippen LogP contribution in [0.15, 0.2) is 12.1 Å². The zero-order valence-corrected chi connectivity index (χ0v) is 10.5. The molecule has 1 aromatic rings. The van der Waals surface area contributed by atoms with E-state index in [9.17, 15) is 13.2 Å². The number of hydrogen-bond donors (Lipinski definition) is 1. The molecule has 18 heavy (non-hydrogen) atoms. The molecule has 0 radical (unpaired) electrons. The summed E-state index contributed by atoms with van der Waals surface area (Å²) in [6.07, 6.45) is -5.15. The van der Waals surface area contributed by atoms with Crippen molar-refractivity contribution >= 4 is 0 Å².